The Labute approximate surface area is 160 Å². The van der Waals surface area contributed by atoms with Crippen LogP contribution < -0.4 is 5.32 Å². The fraction of sp³-hybridized carbons (Fsp3) is 0.333. The summed E-state index contributed by atoms with van der Waals surface area (Å²) in [7, 11) is 3.27. The van der Waals surface area contributed by atoms with Crippen molar-refractivity contribution in [2.24, 2.45) is 5.92 Å². The van der Waals surface area contributed by atoms with E-state index in [0.29, 0.717) is 25.2 Å². The molecule has 0 spiro atoms. The van der Waals surface area contributed by atoms with Crippen molar-refractivity contribution in [2.45, 2.75) is 19.9 Å². The highest BCUT2D eigenvalue weighted by atomic mass is 79.9. The van der Waals surface area contributed by atoms with Gasteiger partial charge in [-0.25, -0.2) is 4.98 Å². The molecule has 138 valence electrons. The lowest BCUT2D eigenvalue weighted by molar-refractivity contribution is -0.110. The number of rotatable bonds is 8. The van der Waals surface area contributed by atoms with E-state index in [1.54, 1.807) is 25.6 Å². The summed E-state index contributed by atoms with van der Waals surface area (Å²) in [5.41, 5.74) is 1.25. The summed E-state index contributed by atoms with van der Waals surface area (Å²) in [5, 5.41) is 2.50. The van der Waals surface area contributed by atoms with Crippen molar-refractivity contribution < 1.29 is 14.4 Å². The van der Waals surface area contributed by atoms with Gasteiger partial charge in [-0.3, -0.25) is 9.59 Å². The van der Waals surface area contributed by atoms with Gasteiger partial charge in [-0.15, -0.1) is 0 Å². The number of aromatic nitrogens is 2. The number of carbonyl (C=O) groups excluding carboxylic acids is 3. The third-order valence-corrected chi connectivity index (χ3v) is 4.31. The third-order valence-electron chi connectivity index (χ3n) is 3.82. The van der Waals surface area contributed by atoms with Gasteiger partial charge in [0.2, 0.25) is 6.41 Å². The van der Waals surface area contributed by atoms with Gasteiger partial charge in [0.05, 0.1) is 0 Å². The second kappa shape index (κ2) is 8.75. The number of nitrogens with one attached hydrogen (secondary N) is 1. The topological polar surface area (TPSA) is 84.3 Å². The van der Waals surface area contributed by atoms with Crippen LogP contribution in [-0.4, -0.2) is 47.1 Å². The second-order valence-electron chi connectivity index (χ2n) is 6.22. The molecule has 0 fully saturated rings. The fourth-order valence-electron chi connectivity index (χ4n) is 2.56. The van der Waals surface area contributed by atoms with Gasteiger partial charge in [0, 0.05) is 37.5 Å². The highest BCUT2D eigenvalue weighted by Crippen LogP contribution is 2.23. The summed E-state index contributed by atoms with van der Waals surface area (Å²) in [4.78, 5) is 40.6. The van der Waals surface area contributed by atoms with E-state index >= 15 is 0 Å². The van der Waals surface area contributed by atoms with Crippen molar-refractivity contribution in [3.8, 4) is 0 Å². The lowest BCUT2D eigenvalue weighted by atomic mass is 10.1. The van der Waals surface area contributed by atoms with Crippen LogP contribution >= 0.6 is 15.9 Å². The molecule has 0 saturated heterocycles. The van der Waals surface area contributed by atoms with E-state index in [-0.39, 0.29) is 23.3 Å². The van der Waals surface area contributed by atoms with Crippen molar-refractivity contribution in [1.82, 2.24) is 14.5 Å². The molecule has 0 aliphatic heterocycles. The van der Waals surface area contributed by atoms with Crippen molar-refractivity contribution >= 4 is 40.4 Å². The number of imidazole rings is 1. The first-order valence-electron chi connectivity index (χ1n) is 8.08. The lowest BCUT2D eigenvalue weighted by Gasteiger charge is -2.16. The van der Waals surface area contributed by atoms with Crippen LogP contribution in [0, 0.1) is 5.92 Å². The summed E-state index contributed by atoms with van der Waals surface area (Å²) in [5.74, 6) is 0.229. The summed E-state index contributed by atoms with van der Waals surface area (Å²) >= 11 is 3.44. The first-order valence-corrected chi connectivity index (χ1v) is 8.87. The maximum absolute atomic E-state index is 12.7. The third kappa shape index (κ3) is 4.57. The van der Waals surface area contributed by atoms with Gasteiger partial charge in [-0.05, 0) is 17.7 Å². The van der Waals surface area contributed by atoms with Crippen molar-refractivity contribution in [2.75, 3.05) is 19.4 Å². The molecule has 0 saturated carbocycles. The molecule has 0 bridgehead atoms. The predicted octanol–water partition coefficient (Wildman–Crippen LogP) is 2.34. The molecule has 26 heavy (non-hydrogen) atoms. The minimum atomic E-state index is -0.276. The van der Waals surface area contributed by atoms with Gasteiger partial charge in [0.15, 0.2) is 11.5 Å². The number of hydrogen-bond acceptors (Lipinski definition) is 4. The number of nitrogens with zero attached hydrogens (tertiary/aromatic N) is 3. The molecule has 1 unspecified atom stereocenters. The van der Waals surface area contributed by atoms with Gasteiger partial charge in [0.25, 0.3) is 5.91 Å². The molecule has 2 amide bonds. The first-order chi connectivity index (χ1) is 12.4. The van der Waals surface area contributed by atoms with E-state index in [9.17, 15) is 14.4 Å². The maximum Gasteiger partial charge on any atom is 0.273 e. The summed E-state index contributed by atoms with van der Waals surface area (Å²) < 4.78 is 2.68. The standard InChI is InChI=1S/C18H21BrN4O3/c1-12(10-24)7-15-21-17(20-11-25)16(18(26)22(2)3)23(15)9-13-5-4-6-14(19)8-13/h4-6,8,10-12H,7,9H2,1-3H3,(H,20,25). The number of amides is 2. The van der Waals surface area contributed by atoms with E-state index in [1.165, 1.54) is 4.90 Å². The molecule has 2 aromatic rings. The molecule has 2 rings (SSSR count). The largest absolute Gasteiger partial charge is 0.343 e. The number of halogens is 1. The van der Waals surface area contributed by atoms with Gasteiger partial charge in [-0.2, -0.15) is 0 Å². The highest BCUT2D eigenvalue weighted by molar-refractivity contribution is 9.10. The molecule has 1 N–H and O–H groups in total. The van der Waals surface area contributed by atoms with Gasteiger partial charge in [0.1, 0.15) is 12.1 Å². The van der Waals surface area contributed by atoms with E-state index in [1.807, 2.05) is 24.3 Å². The predicted molar refractivity (Wildman–Crippen MR) is 102 cm³/mol. The van der Waals surface area contributed by atoms with E-state index < -0.39 is 0 Å². The van der Waals surface area contributed by atoms with Crippen LogP contribution in [-0.2, 0) is 22.6 Å². The van der Waals surface area contributed by atoms with Crippen molar-refractivity contribution in [3.63, 3.8) is 0 Å². The minimum absolute atomic E-state index is 0.196. The zero-order valence-corrected chi connectivity index (χ0v) is 16.5. The number of anilines is 1. The number of hydrogen-bond donors (Lipinski definition) is 1. The molecule has 8 heteroatoms. The zero-order chi connectivity index (χ0) is 19.3. The summed E-state index contributed by atoms with van der Waals surface area (Å²) in [6.45, 7) is 2.17. The molecule has 1 atom stereocenters. The zero-order valence-electron chi connectivity index (χ0n) is 14.9. The quantitative estimate of drug-likeness (QED) is 0.664. The maximum atomic E-state index is 12.7. The molecular formula is C18H21BrN4O3. The average Bonchev–Trinajstić information content (AvgIpc) is 2.91. The van der Waals surface area contributed by atoms with Gasteiger partial charge in [-0.1, -0.05) is 35.0 Å². The molecule has 1 aromatic heterocycles. The molecule has 1 heterocycles. The fourth-order valence-corrected chi connectivity index (χ4v) is 3.01. The van der Waals surface area contributed by atoms with Crippen LogP contribution in [0.2, 0.25) is 0 Å². The van der Waals surface area contributed by atoms with Crippen LogP contribution in [0.15, 0.2) is 28.7 Å². The number of carbonyl (C=O) groups is 3. The van der Waals surface area contributed by atoms with Crippen LogP contribution in [0.3, 0.4) is 0 Å². The molecule has 0 aliphatic carbocycles. The number of aldehydes is 1. The number of benzene rings is 1. The highest BCUT2D eigenvalue weighted by Gasteiger charge is 2.25. The molecule has 0 radical (unpaired) electrons. The second-order valence-corrected chi connectivity index (χ2v) is 7.14. The Morgan fingerprint density at radius 3 is 2.69 bits per heavy atom. The smallest absolute Gasteiger partial charge is 0.273 e. The van der Waals surface area contributed by atoms with Gasteiger partial charge >= 0.3 is 0 Å². The van der Waals surface area contributed by atoms with Crippen LogP contribution in [0.5, 0.6) is 0 Å². The monoisotopic (exact) mass is 420 g/mol. The Morgan fingerprint density at radius 2 is 2.12 bits per heavy atom. The van der Waals surface area contributed by atoms with Crippen LogP contribution in [0.1, 0.15) is 28.8 Å². The normalized spacial score (nSPS) is 11.7. The van der Waals surface area contributed by atoms with E-state index in [0.717, 1.165) is 16.3 Å². The Hall–Kier alpha value is -2.48. The molecule has 1 aromatic carbocycles. The van der Waals surface area contributed by atoms with Crippen molar-refractivity contribution in [1.29, 1.82) is 0 Å². The van der Waals surface area contributed by atoms with Gasteiger partial charge < -0.3 is 19.6 Å². The van der Waals surface area contributed by atoms with Crippen LogP contribution in [0.25, 0.3) is 0 Å². The SMILES string of the molecule is CC(C=O)Cc1nc(NC=O)c(C(=O)N(C)C)n1Cc1cccc(Br)c1. The minimum Gasteiger partial charge on any atom is -0.343 e. The molecule has 7 nitrogen and oxygen atoms in total. The van der Waals surface area contributed by atoms with Crippen molar-refractivity contribution in [3.05, 3.63) is 45.8 Å². The first kappa shape index (κ1) is 19.8. The lowest BCUT2D eigenvalue weighted by Crippen LogP contribution is -2.26. The van der Waals surface area contributed by atoms with E-state index in [4.69, 9.17) is 0 Å². The summed E-state index contributed by atoms with van der Waals surface area (Å²) in [6, 6.07) is 7.71. The van der Waals surface area contributed by atoms with E-state index in [2.05, 4.69) is 26.2 Å². The van der Waals surface area contributed by atoms with Crippen LogP contribution in [0.4, 0.5) is 5.82 Å². The Balaban J connectivity index is 2.59. The summed E-state index contributed by atoms with van der Waals surface area (Å²) in [6.07, 6.45) is 1.70. The Bertz CT molecular complexity index is 817. The Kier molecular flexibility index (Phi) is 6.68. The molecule has 0 aliphatic rings. The average molecular weight is 421 g/mol. The molecular weight excluding hydrogens is 400 g/mol. The Morgan fingerprint density at radius 1 is 1.38 bits per heavy atom.